The molecule has 0 radical (unpaired) electrons. The van der Waals surface area contributed by atoms with Gasteiger partial charge in [0.15, 0.2) is 0 Å². The van der Waals surface area contributed by atoms with Crippen LogP contribution in [0.3, 0.4) is 0 Å². The van der Waals surface area contributed by atoms with E-state index in [1.165, 1.54) is 5.56 Å². The lowest BCUT2D eigenvalue weighted by atomic mass is 9.95. The molecule has 2 rings (SSSR count). The summed E-state index contributed by atoms with van der Waals surface area (Å²) in [5.74, 6) is 0.459. The molecule has 2 unspecified atom stereocenters. The normalized spacial score (nSPS) is 24.4. The number of benzene rings is 1. The van der Waals surface area contributed by atoms with Crippen molar-refractivity contribution in [1.29, 1.82) is 0 Å². The van der Waals surface area contributed by atoms with E-state index in [4.69, 9.17) is 10.5 Å². The molecule has 19 heavy (non-hydrogen) atoms. The molecule has 1 saturated heterocycles. The molecule has 0 amide bonds. The summed E-state index contributed by atoms with van der Waals surface area (Å²) in [6, 6.07) is 10.8. The number of nitrogens with zero attached hydrogens (tertiary/aromatic N) is 1. The summed E-state index contributed by atoms with van der Waals surface area (Å²) in [5.41, 5.74) is 7.59. The monoisotopic (exact) mass is 306 g/mol. The largest absolute Gasteiger partial charge is 0.380 e. The maximum atomic E-state index is 6.24. The van der Waals surface area contributed by atoms with Crippen molar-refractivity contribution in [3.63, 3.8) is 0 Å². The number of halogens is 2. The van der Waals surface area contributed by atoms with Gasteiger partial charge in [-0.1, -0.05) is 30.3 Å². The first-order valence-electron chi connectivity index (χ1n) is 6.26. The van der Waals surface area contributed by atoms with Crippen LogP contribution in [-0.2, 0) is 4.74 Å². The Bertz CT molecular complexity index is 351. The average molecular weight is 307 g/mol. The van der Waals surface area contributed by atoms with Crippen molar-refractivity contribution < 1.29 is 4.74 Å². The standard InChI is InChI=1S/C14H22N2O.2ClH/c1-11(17-2)8-16-9-13(14(15)10-16)12-6-4-3-5-7-12;;/h3-7,11,13-14H,8-10,15H2,1-2H3;2*1H/t11-,13?,14?;;/m0../s1. The second-order valence-electron chi connectivity index (χ2n) is 4.95. The Morgan fingerprint density at radius 1 is 1.26 bits per heavy atom. The first-order valence-corrected chi connectivity index (χ1v) is 6.26. The highest BCUT2D eigenvalue weighted by Crippen LogP contribution is 2.26. The highest BCUT2D eigenvalue weighted by Gasteiger charge is 2.31. The molecule has 5 heteroatoms. The smallest absolute Gasteiger partial charge is 0.0670 e. The number of hydrogen-bond acceptors (Lipinski definition) is 3. The molecule has 0 saturated carbocycles. The Labute approximate surface area is 128 Å². The lowest BCUT2D eigenvalue weighted by molar-refractivity contribution is 0.0845. The average Bonchev–Trinajstić information content (AvgIpc) is 2.71. The van der Waals surface area contributed by atoms with Crippen LogP contribution >= 0.6 is 24.8 Å². The van der Waals surface area contributed by atoms with Gasteiger partial charge in [0.25, 0.3) is 0 Å². The van der Waals surface area contributed by atoms with E-state index >= 15 is 0 Å². The molecule has 1 aliphatic heterocycles. The second kappa shape index (κ2) is 8.77. The zero-order valence-electron chi connectivity index (χ0n) is 11.5. The van der Waals surface area contributed by atoms with Gasteiger partial charge in [0, 0.05) is 38.7 Å². The van der Waals surface area contributed by atoms with Crippen molar-refractivity contribution >= 4 is 24.8 Å². The number of ether oxygens (including phenoxy) is 1. The number of hydrogen-bond donors (Lipinski definition) is 1. The van der Waals surface area contributed by atoms with E-state index < -0.39 is 0 Å². The van der Waals surface area contributed by atoms with Gasteiger partial charge in [-0.3, -0.25) is 4.90 Å². The van der Waals surface area contributed by atoms with E-state index in [9.17, 15) is 0 Å². The quantitative estimate of drug-likeness (QED) is 0.927. The van der Waals surface area contributed by atoms with Gasteiger partial charge in [0.2, 0.25) is 0 Å². The molecule has 0 spiro atoms. The summed E-state index contributed by atoms with van der Waals surface area (Å²) in [4.78, 5) is 2.40. The highest BCUT2D eigenvalue weighted by atomic mass is 35.5. The van der Waals surface area contributed by atoms with Gasteiger partial charge in [-0.05, 0) is 12.5 Å². The lowest BCUT2D eigenvalue weighted by Gasteiger charge is -2.19. The third-order valence-electron chi connectivity index (χ3n) is 3.59. The van der Waals surface area contributed by atoms with Crippen LogP contribution in [0.25, 0.3) is 0 Å². The first kappa shape index (κ1) is 18.7. The minimum absolute atomic E-state index is 0. The van der Waals surface area contributed by atoms with Crippen LogP contribution in [0.4, 0.5) is 0 Å². The van der Waals surface area contributed by atoms with Crippen LogP contribution in [0, 0.1) is 0 Å². The van der Waals surface area contributed by atoms with Crippen LogP contribution in [0.5, 0.6) is 0 Å². The molecule has 3 nitrogen and oxygen atoms in total. The Morgan fingerprint density at radius 2 is 1.89 bits per heavy atom. The van der Waals surface area contributed by atoms with Crippen LogP contribution < -0.4 is 5.73 Å². The van der Waals surface area contributed by atoms with Crippen LogP contribution in [0.15, 0.2) is 30.3 Å². The van der Waals surface area contributed by atoms with Crippen LogP contribution in [0.1, 0.15) is 18.4 Å². The van der Waals surface area contributed by atoms with E-state index in [0.717, 1.165) is 19.6 Å². The van der Waals surface area contributed by atoms with Gasteiger partial charge in [0.1, 0.15) is 0 Å². The Kier molecular flexibility index (Phi) is 8.62. The molecule has 0 aliphatic carbocycles. The van der Waals surface area contributed by atoms with E-state index in [1.54, 1.807) is 7.11 Å². The van der Waals surface area contributed by atoms with Gasteiger partial charge in [0.05, 0.1) is 6.10 Å². The summed E-state index contributed by atoms with van der Waals surface area (Å²) in [7, 11) is 1.76. The zero-order valence-corrected chi connectivity index (χ0v) is 13.1. The maximum Gasteiger partial charge on any atom is 0.0670 e. The van der Waals surface area contributed by atoms with E-state index in [2.05, 4.69) is 42.2 Å². The summed E-state index contributed by atoms with van der Waals surface area (Å²) in [6.07, 6.45) is 0.275. The molecule has 1 aliphatic rings. The second-order valence-corrected chi connectivity index (χ2v) is 4.95. The van der Waals surface area contributed by atoms with Gasteiger partial charge in [-0.15, -0.1) is 24.8 Å². The Hall–Kier alpha value is -0.320. The minimum atomic E-state index is 0. The van der Waals surface area contributed by atoms with Gasteiger partial charge in [-0.2, -0.15) is 0 Å². The summed E-state index contributed by atoms with van der Waals surface area (Å²) in [6.45, 7) is 5.07. The molecule has 0 aromatic heterocycles. The van der Waals surface area contributed by atoms with Gasteiger partial charge < -0.3 is 10.5 Å². The van der Waals surface area contributed by atoms with E-state index in [1.807, 2.05) is 0 Å². The number of methoxy groups -OCH3 is 1. The topological polar surface area (TPSA) is 38.5 Å². The van der Waals surface area contributed by atoms with Crippen LogP contribution in [0.2, 0.25) is 0 Å². The fraction of sp³-hybridized carbons (Fsp3) is 0.571. The molecule has 2 N–H and O–H groups in total. The molecule has 1 aromatic carbocycles. The Balaban J connectivity index is 0.00000162. The first-order chi connectivity index (χ1) is 8.20. The predicted octanol–water partition coefficient (Wildman–Crippen LogP) is 2.29. The summed E-state index contributed by atoms with van der Waals surface area (Å²) < 4.78 is 5.31. The van der Waals surface area contributed by atoms with Crippen molar-refractivity contribution in [3.8, 4) is 0 Å². The van der Waals surface area contributed by atoms with Crippen LogP contribution in [-0.4, -0.2) is 43.8 Å². The summed E-state index contributed by atoms with van der Waals surface area (Å²) >= 11 is 0. The third-order valence-corrected chi connectivity index (χ3v) is 3.59. The molecule has 0 bridgehead atoms. The zero-order chi connectivity index (χ0) is 12.3. The number of rotatable bonds is 4. The summed E-state index contributed by atoms with van der Waals surface area (Å²) in [5, 5.41) is 0. The van der Waals surface area contributed by atoms with Crippen molar-refractivity contribution in [2.45, 2.75) is 25.0 Å². The molecule has 110 valence electrons. The van der Waals surface area contributed by atoms with E-state index in [-0.39, 0.29) is 37.0 Å². The van der Waals surface area contributed by atoms with Crippen molar-refractivity contribution in [1.82, 2.24) is 4.90 Å². The number of nitrogens with two attached hydrogens (primary N) is 1. The minimum Gasteiger partial charge on any atom is -0.380 e. The van der Waals surface area contributed by atoms with Crippen molar-refractivity contribution in [2.75, 3.05) is 26.7 Å². The van der Waals surface area contributed by atoms with Crippen molar-refractivity contribution in [2.24, 2.45) is 5.73 Å². The fourth-order valence-corrected chi connectivity index (χ4v) is 2.55. The molecule has 1 fully saturated rings. The maximum absolute atomic E-state index is 6.24. The highest BCUT2D eigenvalue weighted by molar-refractivity contribution is 5.85. The molecule has 1 aromatic rings. The van der Waals surface area contributed by atoms with Gasteiger partial charge >= 0.3 is 0 Å². The SMILES string of the molecule is CO[C@@H](C)CN1CC(N)C(c2ccccc2)C1.Cl.Cl. The molecule has 3 atom stereocenters. The van der Waals surface area contributed by atoms with Crippen molar-refractivity contribution in [3.05, 3.63) is 35.9 Å². The molecular formula is C14H24Cl2N2O. The predicted molar refractivity (Wildman–Crippen MR) is 84.6 cm³/mol. The molecular weight excluding hydrogens is 283 g/mol. The van der Waals surface area contributed by atoms with E-state index in [0.29, 0.717) is 5.92 Å². The number of likely N-dealkylation sites (tertiary alicyclic amines) is 1. The Morgan fingerprint density at radius 3 is 2.47 bits per heavy atom. The fourth-order valence-electron chi connectivity index (χ4n) is 2.55. The van der Waals surface area contributed by atoms with Gasteiger partial charge in [-0.25, -0.2) is 0 Å². The molecule has 1 heterocycles. The third kappa shape index (κ3) is 4.93. The lowest BCUT2D eigenvalue weighted by Crippen LogP contribution is -2.32.